The van der Waals surface area contributed by atoms with Gasteiger partial charge in [0.25, 0.3) is 0 Å². The van der Waals surface area contributed by atoms with Gasteiger partial charge in [-0.2, -0.15) is 0 Å². The quantitative estimate of drug-likeness (QED) is 0.575. The van der Waals surface area contributed by atoms with Crippen molar-refractivity contribution in [2.75, 3.05) is 7.18 Å². The van der Waals surface area contributed by atoms with E-state index in [4.69, 9.17) is 0 Å². The molecule has 0 fully saturated rings. The maximum Gasteiger partial charge on any atom is 0.238 e. The zero-order valence-electron chi connectivity index (χ0n) is 7.13. The summed E-state index contributed by atoms with van der Waals surface area (Å²) in [7, 11) is 0.500. The Balaban J connectivity index is -0.000000105. The first kappa shape index (κ1) is 16.4. The SMILES string of the molecule is CC.CCCC(F)F.CF. The highest BCUT2D eigenvalue weighted by Gasteiger charge is 1.95. The van der Waals surface area contributed by atoms with E-state index in [1.165, 1.54) is 0 Å². The summed E-state index contributed by atoms with van der Waals surface area (Å²) in [5, 5.41) is 0. The van der Waals surface area contributed by atoms with E-state index in [0.717, 1.165) is 0 Å². The topological polar surface area (TPSA) is 0 Å². The van der Waals surface area contributed by atoms with Crippen LogP contribution < -0.4 is 0 Å². The fourth-order valence-electron chi connectivity index (χ4n) is 0.218. The number of halogens is 3. The van der Waals surface area contributed by atoms with Gasteiger partial charge in [-0.3, -0.25) is 4.39 Å². The third-order valence-electron chi connectivity index (χ3n) is 0.507. The average molecular weight is 158 g/mol. The van der Waals surface area contributed by atoms with Gasteiger partial charge in [0.15, 0.2) is 0 Å². The van der Waals surface area contributed by atoms with Gasteiger partial charge in [-0.1, -0.05) is 27.2 Å². The maximum atomic E-state index is 11.0. The molecule has 0 aromatic heterocycles. The van der Waals surface area contributed by atoms with Crippen LogP contribution in [0, 0.1) is 0 Å². The molecule has 0 atom stereocenters. The highest BCUT2D eigenvalue weighted by Crippen LogP contribution is 1.99. The lowest BCUT2D eigenvalue weighted by Crippen LogP contribution is -1.85. The predicted octanol–water partition coefficient (Wildman–Crippen LogP) is 3.66. The lowest BCUT2D eigenvalue weighted by Gasteiger charge is -1.87. The van der Waals surface area contributed by atoms with Gasteiger partial charge in [0.1, 0.15) is 0 Å². The summed E-state index contributed by atoms with van der Waals surface area (Å²) in [6.45, 7) is 5.74. The molecule has 0 saturated carbocycles. The van der Waals surface area contributed by atoms with Crippen LogP contribution in [0.3, 0.4) is 0 Å². The lowest BCUT2D eigenvalue weighted by atomic mass is 10.4. The summed E-state index contributed by atoms with van der Waals surface area (Å²) in [6.07, 6.45) is -1.48. The molecule has 0 heterocycles. The monoisotopic (exact) mass is 158 g/mol. The summed E-state index contributed by atoms with van der Waals surface area (Å²) in [5.41, 5.74) is 0. The first-order valence-corrected chi connectivity index (χ1v) is 3.43. The van der Waals surface area contributed by atoms with Crippen molar-refractivity contribution in [1.82, 2.24) is 0 Å². The van der Waals surface area contributed by atoms with E-state index in [1.54, 1.807) is 6.92 Å². The zero-order valence-corrected chi connectivity index (χ0v) is 7.13. The first-order valence-electron chi connectivity index (χ1n) is 3.43. The van der Waals surface area contributed by atoms with E-state index in [9.17, 15) is 13.2 Å². The van der Waals surface area contributed by atoms with Crippen molar-refractivity contribution in [3.05, 3.63) is 0 Å². The van der Waals surface area contributed by atoms with E-state index in [-0.39, 0.29) is 6.42 Å². The number of hydrogen-bond acceptors (Lipinski definition) is 0. The molecule has 66 valence electrons. The Morgan fingerprint density at radius 3 is 1.40 bits per heavy atom. The molecule has 0 aromatic carbocycles. The Hall–Kier alpha value is -0.210. The summed E-state index contributed by atoms with van der Waals surface area (Å²) in [6, 6.07) is 0. The Morgan fingerprint density at radius 2 is 1.40 bits per heavy atom. The van der Waals surface area contributed by atoms with E-state index in [1.807, 2.05) is 13.8 Å². The molecule has 0 spiro atoms. The molecule has 0 bridgehead atoms. The molecule has 0 amide bonds. The normalized spacial score (nSPS) is 7.20. The molecule has 0 radical (unpaired) electrons. The fraction of sp³-hybridized carbons (Fsp3) is 1.00. The van der Waals surface area contributed by atoms with Crippen molar-refractivity contribution in [3.63, 3.8) is 0 Å². The third kappa shape index (κ3) is 46.1. The van der Waals surface area contributed by atoms with Crippen molar-refractivity contribution >= 4 is 0 Å². The summed E-state index contributed by atoms with van der Waals surface area (Å²) < 4.78 is 31.6. The largest absolute Gasteiger partial charge is 0.255 e. The van der Waals surface area contributed by atoms with Gasteiger partial charge in [0, 0.05) is 6.42 Å². The minimum absolute atomic E-state index is 0.0417. The van der Waals surface area contributed by atoms with Gasteiger partial charge in [0.05, 0.1) is 7.18 Å². The van der Waals surface area contributed by atoms with Gasteiger partial charge >= 0.3 is 0 Å². The molecule has 0 rings (SSSR count). The minimum atomic E-state index is -2.10. The van der Waals surface area contributed by atoms with Crippen LogP contribution in [0.25, 0.3) is 0 Å². The molecule has 3 heteroatoms. The van der Waals surface area contributed by atoms with Gasteiger partial charge in [-0.15, -0.1) is 0 Å². The second kappa shape index (κ2) is 23.2. The molecule has 0 unspecified atom stereocenters. The standard InChI is InChI=1S/C4H8F2.C2H6.CH3F/c1-2-3-4(5)6;2*1-2/h4H,2-3H2,1H3;1-2H3;1H3. The summed E-state index contributed by atoms with van der Waals surface area (Å²) in [5.74, 6) is 0. The molecule has 0 N–H and O–H groups in total. The van der Waals surface area contributed by atoms with Crippen LogP contribution >= 0.6 is 0 Å². The molecule has 0 aliphatic rings. The van der Waals surface area contributed by atoms with Crippen LogP contribution in [0.4, 0.5) is 13.2 Å². The van der Waals surface area contributed by atoms with Crippen LogP contribution in [0.5, 0.6) is 0 Å². The molecule has 0 saturated heterocycles. The van der Waals surface area contributed by atoms with Gasteiger partial charge in [-0.05, 0) is 0 Å². The third-order valence-corrected chi connectivity index (χ3v) is 0.507. The van der Waals surface area contributed by atoms with Crippen molar-refractivity contribution < 1.29 is 13.2 Å². The second-order valence-electron chi connectivity index (χ2n) is 1.18. The summed E-state index contributed by atoms with van der Waals surface area (Å²) in [4.78, 5) is 0. The molecule has 0 aromatic rings. The van der Waals surface area contributed by atoms with E-state index < -0.39 is 6.43 Å². The Labute approximate surface area is 61.4 Å². The van der Waals surface area contributed by atoms with Crippen LogP contribution in [0.2, 0.25) is 0 Å². The van der Waals surface area contributed by atoms with Crippen molar-refractivity contribution in [3.8, 4) is 0 Å². The van der Waals surface area contributed by atoms with E-state index >= 15 is 0 Å². The van der Waals surface area contributed by atoms with E-state index in [0.29, 0.717) is 13.6 Å². The Kier molecular flexibility index (Phi) is 38.1. The molecule has 0 aliphatic heterocycles. The van der Waals surface area contributed by atoms with Gasteiger partial charge in [-0.25, -0.2) is 8.78 Å². The zero-order chi connectivity index (χ0) is 8.99. The Morgan fingerprint density at radius 1 is 1.10 bits per heavy atom. The number of rotatable bonds is 2. The van der Waals surface area contributed by atoms with Gasteiger partial charge < -0.3 is 0 Å². The molecule has 0 nitrogen and oxygen atoms in total. The molecular formula is C7H17F3. The van der Waals surface area contributed by atoms with Gasteiger partial charge in [0.2, 0.25) is 6.43 Å². The fourth-order valence-corrected chi connectivity index (χ4v) is 0.218. The average Bonchev–Trinajstić information content (AvgIpc) is 1.96. The summed E-state index contributed by atoms with van der Waals surface area (Å²) >= 11 is 0. The lowest BCUT2D eigenvalue weighted by molar-refractivity contribution is 0.137. The van der Waals surface area contributed by atoms with Crippen LogP contribution in [0.15, 0.2) is 0 Å². The molecule has 0 aliphatic carbocycles. The van der Waals surface area contributed by atoms with Crippen molar-refractivity contribution in [2.24, 2.45) is 0 Å². The van der Waals surface area contributed by atoms with Crippen molar-refractivity contribution in [1.29, 1.82) is 0 Å². The second-order valence-corrected chi connectivity index (χ2v) is 1.18. The van der Waals surface area contributed by atoms with E-state index in [2.05, 4.69) is 0 Å². The van der Waals surface area contributed by atoms with Crippen LogP contribution in [-0.2, 0) is 0 Å². The molecule has 10 heavy (non-hydrogen) atoms. The highest BCUT2D eigenvalue weighted by molar-refractivity contribution is 4.32. The maximum absolute atomic E-state index is 11.0. The molecular weight excluding hydrogens is 141 g/mol. The first-order chi connectivity index (χ1) is 4.77. The van der Waals surface area contributed by atoms with Crippen molar-refractivity contribution in [2.45, 2.75) is 40.0 Å². The number of alkyl halides is 3. The highest BCUT2D eigenvalue weighted by atomic mass is 19.3. The predicted molar refractivity (Wildman–Crippen MR) is 39.3 cm³/mol. The minimum Gasteiger partial charge on any atom is -0.255 e. The number of hydrogen-bond donors (Lipinski definition) is 0. The Bertz CT molecular complexity index is 30.0. The smallest absolute Gasteiger partial charge is 0.238 e. The van der Waals surface area contributed by atoms with Crippen LogP contribution in [0.1, 0.15) is 33.6 Å². The van der Waals surface area contributed by atoms with Crippen LogP contribution in [-0.4, -0.2) is 13.6 Å².